The third kappa shape index (κ3) is 2.25. The van der Waals surface area contributed by atoms with E-state index < -0.39 is 10.2 Å². The molecule has 0 spiro atoms. The molecule has 6 heteroatoms. The normalized spacial score (nSPS) is 36.2. The molecule has 94 valence electrons. The molecule has 1 aliphatic heterocycles. The van der Waals surface area contributed by atoms with Gasteiger partial charge in [0, 0.05) is 25.7 Å². The Balaban J connectivity index is 2.06. The van der Waals surface area contributed by atoms with Crippen LogP contribution < -0.4 is 10.5 Å². The van der Waals surface area contributed by atoms with Crippen LogP contribution in [0.15, 0.2) is 0 Å². The fraction of sp³-hybridized carbons (Fsp3) is 1.00. The summed E-state index contributed by atoms with van der Waals surface area (Å²) in [6.45, 7) is 3.49. The lowest BCUT2D eigenvalue weighted by Crippen LogP contribution is -2.41. The van der Waals surface area contributed by atoms with Crippen LogP contribution in [0.2, 0.25) is 0 Å². The molecule has 3 atom stereocenters. The highest BCUT2D eigenvalue weighted by molar-refractivity contribution is 7.87. The summed E-state index contributed by atoms with van der Waals surface area (Å²) in [6, 6.07) is 0.181. The summed E-state index contributed by atoms with van der Waals surface area (Å²) in [5.41, 5.74) is 6.06. The van der Waals surface area contributed by atoms with Gasteiger partial charge in [0.15, 0.2) is 0 Å². The van der Waals surface area contributed by atoms with E-state index in [1.807, 2.05) is 0 Å². The first-order valence-corrected chi connectivity index (χ1v) is 7.49. The minimum absolute atomic E-state index is 0.181. The van der Waals surface area contributed by atoms with Crippen molar-refractivity contribution < 1.29 is 8.42 Å². The number of nitrogens with one attached hydrogen (secondary N) is 1. The van der Waals surface area contributed by atoms with E-state index in [-0.39, 0.29) is 6.04 Å². The molecule has 3 unspecified atom stereocenters. The van der Waals surface area contributed by atoms with Gasteiger partial charge in [-0.15, -0.1) is 0 Å². The first-order chi connectivity index (χ1) is 7.54. The van der Waals surface area contributed by atoms with Crippen LogP contribution in [0.4, 0.5) is 0 Å². The lowest BCUT2D eigenvalue weighted by molar-refractivity contribution is 0.260. The second-order valence-corrected chi connectivity index (χ2v) is 6.59. The Morgan fingerprint density at radius 2 is 2.12 bits per heavy atom. The lowest BCUT2D eigenvalue weighted by Gasteiger charge is -2.29. The zero-order valence-electron chi connectivity index (χ0n) is 9.72. The third-order valence-corrected chi connectivity index (χ3v) is 5.42. The fourth-order valence-electron chi connectivity index (χ4n) is 2.95. The molecular weight excluding hydrogens is 226 g/mol. The first kappa shape index (κ1) is 12.3. The van der Waals surface area contributed by atoms with E-state index in [4.69, 9.17) is 5.73 Å². The minimum Gasteiger partial charge on any atom is -0.327 e. The SMILES string of the molecule is CCNS(=O)(=O)N1CC2CCCC(N)C2C1. The molecule has 1 heterocycles. The molecule has 1 saturated heterocycles. The number of rotatable bonds is 3. The zero-order chi connectivity index (χ0) is 11.8. The highest BCUT2D eigenvalue weighted by Crippen LogP contribution is 2.36. The van der Waals surface area contributed by atoms with Gasteiger partial charge in [-0.25, -0.2) is 4.72 Å². The van der Waals surface area contributed by atoms with Gasteiger partial charge in [0.1, 0.15) is 0 Å². The summed E-state index contributed by atoms with van der Waals surface area (Å²) in [7, 11) is -3.26. The Labute approximate surface area is 97.6 Å². The van der Waals surface area contributed by atoms with Crippen LogP contribution in [0.1, 0.15) is 26.2 Å². The summed E-state index contributed by atoms with van der Waals surface area (Å²) < 4.78 is 27.8. The number of hydrogen-bond donors (Lipinski definition) is 2. The number of nitrogens with two attached hydrogens (primary N) is 1. The van der Waals surface area contributed by atoms with Gasteiger partial charge in [0.05, 0.1) is 0 Å². The summed E-state index contributed by atoms with van der Waals surface area (Å²) >= 11 is 0. The van der Waals surface area contributed by atoms with E-state index in [2.05, 4.69) is 4.72 Å². The maximum absolute atomic E-state index is 11.9. The van der Waals surface area contributed by atoms with Gasteiger partial charge in [-0.2, -0.15) is 12.7 Å². The van der Waals surface area contributed by atoms with Gasteiger partial charge in [-0.3, -0.25) is 0 Å². The van der Waals surface area contributed by atoms with E-state index in [1.165, 1.54) is 0 Å². The van der Waals surface area contributed by atoms with Crippen LogP contribution in [0.25, 0.3) is 0 Å². The van der Waals surface area contributed by atoms with Crippen molar-refractivity contribution in [3.63, 3.8) is 0 Å². The maximum atomic E-state index is 11.9. The monoisotopic (exact) mass is 247 g/mol. The average molecular weight is 247 g/mol. The topological polar surface area (TPSA) is 75.4 Å². The summed E-state index contributed by atoms with van der Waals surface area (Å²) in [5, 5.41) is 0. The fourth-order valence-corrected chi connectivity index (χ4v) is 4.25. The van der Waals surface area contributed by atoms with Crippen LogP contribution in [-0.4, -0.2) is 38.4 Å². The van der Waals surface area contributed by atoms with Crippen molar-refractivity contribution in [3.8, 4) is 0 Å². The molecule has 0 aromatic rings. The average Bonchev–Trinajstić information content (AvgIpc) is 2.63. The van der Waals surface area contributed by atoms with Gasteiger partial charge in [-0.05, 0) is 24.7 Å². The van der Waals surface area contributed by atoms with Gasteiger partial charge >= 0.3 is 0 Å². The van der Waals surface area contributed by atoms with Crippen LogP contribution in [0.3, 0.4) is 0 Å². The molecule has 0 amide bonds. The Hall–Kier alpha value is -0.170. The molecule has 1 aliphatic carbocycles. The molecule has 2 rings (SSSR count). The second-order valence-electron chi connectivity index (χ2n) is 4.84. The van der Waals surface area contributed by atoms with Crippen LogP contribution in [-0.2, 0) is 10.2 Å². The standard InChI is InChI=1S/C10H21N3O2S/c1-2-12-16(14,15)13-6-8-4-3-5-10(11)9(8)7-13/h8-10,12H,2-7,11H2,1H3. The second kappa shape index (κ2) is 4.60. The molecule has 0 radical (unpaired) electrons. The van der Waals surface area contributed by atoms with Crippen molar-refractivity contribution in [1.82, 2.24) is 9.03 Å². The van der Waals surface area contributed by atoms with Crippen molar-refractivity contribution in [2.24, 2.45) is 17.6 Å². The largest absolute Gasteiger partial charge is 0.327 e. The molecule has 3 N–H and O–H groups in total. The zero-order valence-corrected chi connectivity index (χ0v) is 10.5. The number of hydrogen-bond acceptors (Lipinski definition) is 3. The minimum atomic E-state index is -3.26. The Morgan fingerprint density at radius 3 is 2.75 bits per heavy atom. The molecule has 1 saturated carbocycles. The highest BCUT2D eigenvalue weighted by Gasteiger charge is 2.42. The van der Waals surface area contributed by atoms with Crippen molar-refractivity contribution in [1.29, 1.82) is 0 Å². The Bertz CT molecular complexity index is 344. The van der Waals surface area contributed by atoms with E-state index >= 15 is 0 Å². The first-order valence-electron chi connectivity index (χ1n) is 6.05. The van der Waals surface area contributed by atoms with Crippen molar-refractivity contribution >= 4 is 10.2 Å². The predicted molar refractivity (Wildman–Crippen MR) is 63.0 cm³/mol. The summed E-state index contributed by atoms with van der Waals surface area (Å²) in [4.78, 5) is 0. The van der Waals surface area contributed by atoms with Crippen molar-refractivity contribution in [2.75, 3.05) is 19.6 Å². The summed E-state index contributed by atoms with van der Waals surface area (Å²) in [6.07, 6.45) is 3.30. The van der Waals surface area contributed by atoms with Crippen LogP contribution >= 0.6 is 0 Å². The van der Waals surface area contributed by atoms with E-state index in [0.29, 0.717) is 31.5 Å². The molecule has 0 aromatic carbocycles. The predicted octanol–water partition coefficient (Wildman–Crippen LogP) is -0.100. The highest BCUT2D eigenvalue weighted by atomic mass is 32.2. The van der Waals surface area contributed by atoms with Crippen LogP contribution in [0, 0.1) is 11.8 Å². The lowest BCUT2D eigenvalue weighted by atomic mass is 9.78. The number of nitrogens with zero attached hydrogens (tertiary/aromatic N) is 1. The van der Waals surface area contributed by atoms with Gasteiger partial charge in [0.2, 0.25) is 0 Å². The Kier molecular flexibility index (Phi) is 3.53. The Morgan fingerprint density at radius 1 is 1.38 bits per heavy atom. The van der Waals surface area contributed by atoms with E-state index in [0.717, 1.165) is 19.3 Å². The van der Waals surface area contributed by atoms with E-state index in [1.54, 1.807) is 11.2 Å². The van der Waals surface area contributed by atoms with E-state index in [9.17, 15) is 8.42 Å². The quantitative estimate of drug-likeness (QED) is 0.731. The molecule has 2 fully saturated rings. The molecule has 16 heavy (non-hydrogen) atoms. The van der Waals surface area contributed by atoms with Crippen molar-refractivity contribution in [3.05, 3.63) is 0 Å². The molecule has 0 bridgehead atoms. The molecule has 2 aliphatic rings. The van der Waals surface area contributed by atoms with Gasteiger partial charge in [0.25, 0.3) is 10.2 Å². The van der Waals surface area contributed by atoms with Crippen molar-refractivity contribution in [2.45, 2.75) is 32.2 Å². The third-order valence-electron chi connectivity index (χ3n) is 3.79. The summed E-state index contributed by atoms with van der Waals surface area (Å²) in [5.74, 6) is 0.833. The van der Waals surface area contributed by atoms with Gasteiger partial charge in [-0.1, -0.05) is 13.3 Å². The van der Waals surface area contributed by atoms with Crippen LogP contribution in [0.5, 0.6) is 0 Å². The maximum Gasteiger partial charge on any atom is 0.279 e. The molecular formula is C10H21N3O2S. The number of fused-ring (bicyclic) bond motifs is 1. The van der Waals surface area contributed by atoms with Gasteiger partial charge < -0.3 is 5.73 Å². The molecule has 0 aromatic heterocycles. The smallest absolute Gasteiger partial charge is 0.279 e. The molecule has 5 nitrogen and oxygen atoms in total.